The first kappa shape index (κ1) is 19.7. The summed E-state index contributed by atoms with van der Waals surface area (Å²) < 4.78 is 5.91. The molecule has 0 bridgehead atoms. The van der Waals surface area contributed by atoms with Crippen molar-refractivity contribution in [2.75, 3.05) is 18.5 Å². The number of hydrogen-bond donors (Lipinski definition) is 1. The minimum atomic E-state index is 0.184. The van der Waals surface area contributed by atoms with Gasteiger partial charge in [-0.15, -0.1) is 0 Å². The molecule has 0 saturated heterocycles. The number of unbranched alkanes of at least 4 members (excludes halogenated alkanes) is 1. The predicted octanol–water partition coefficient (Wildman–Crippen LogP) is 6.85. The average molecular weight is 382 g/mol. The molecule has 5 heteroatoms. The van der Waals surface area contributed by atoms with Crippen molar-refractivity contribution in [3.8, 4) is 17.2 Å². The molecule has 2 rings (SSSR count). The van der Waals surface area contributed by atoms with Gasteiger partial charge in [0.05, 0.1) is 10.0 Å². The number of phenols is 1. The van der Waals surface area contributed by atoms with E-state index in [2.05, 4.69) is 11.8 Å². The summed E-state index contributed by atoms with van der Waals surface area (Å²) in [5, 5.41) is 10.9. The molecule has 0 fully saturated rings. The summed E-state index contributed by atoms with van der Waals surface area (Å²) in [4.78, 5) is 2.13. The molecule has 0 spiro atoms. The first-order chi connectivity index (χ1) is 11.8. The van der Waals surface area contributed by atoms with E-state index in [0.29, 0.717) is 21.5 Å². The number of hydrogen-bond acceptors (Lipinski definition) is 3. The maximum absolute atomic E-state index is 9.94. The zero-order valence-corrected chi connectivity index (χ0v) is 16.7. The molecule has 0 radical (unpaired) electrons. The van der Waals surface area contributed by atoms with Crippen LogP contribution in [0.1, 0.15) is 45.1 Å². The van der Waals surface area contributed by atoms with Crippen molar-refractivity contribution >= 4 is 28.9 Å². The van der Waals surface area contributed by atoms with Gasteiger partial charge in [-0.25, -0.2) is 0 Å². The molecular weight excluding hydrogens is 357 g/mol. The maximum Gasteiger partial charge on any atom is 0.164 e. The normalized spacial score (nSPS) is 11.0. The highest BCUT2D eigenvalue weighted by atomic mass is 35.5. The Kier molecular flexibility index (Phi) is 6.86. The van der Waals surface area contributed by atoms with Crippen molar-refractivity contribution in [1.82, 2.24) is 0 Å². The van der Waals surface area contributed by atoms with Gasteiger partial charge < -0.3 is 14.7 Å². The van der Waals surface area contributed by atoms with Crippen LogP contribution in [0.2, 0.25) is 10.0 Å². The van der Waals surface area contributed by atoms with Gasteiger partial charge in [0, 0.05) is 24.8 Å². The molecule has 3 nitrogen and oxygen atoms in total. The monoisotopic (exact) mass is 381 g/mol. The number of ether oxygens (including phenoxy) is 1. The van der Waals surface area contributed by atoms with E-state index in [0.717, 1.165) is 30.6 Å². The van der Waals surface area contributed by atoms with E-state index in [9.17, 15) is 5.11 Å². The minimum Gasteiger partial charge on any atom is -0.508 e. The smallest absolute Gasteiger partial charge is 0.164 e. The van der Waals surface area contributed by atoms with Gasteiger partial charge in [0.25, 0.3) is 0 Å². The molecule has 0 amide bonds. The van der Waals surface area contributed by atoms with Gasteiger partial charge in [-0.05, 0) is 42.7 Å². The molecule has 25 heavy (non-hydrogen) atoms. The number of anilines is 1. The third-order valence-electron chi connectivity index (χ3n) is 4.11. The lowest BCUT2D eigenvalue weighted by Crippen LogP contribution is -2.18. The van der Waals surface area contributed by atoms with Crippen molar-refractivity contribution < 1.29 is 9.84 Å². The van der Waals surface area contributed by atoms with Crippen molar-refractivity contribution in [3.63, 3.8) is 0 Å². The van der Waals surface area contributed by atoms with Gasteiger partial charge in [0.1, 0.15) is 11.5 Å². The van der Waals surface area contributed by atoms with Crippen LogP contribution in [0.25, 0.3) is 0 Å². The molecule has 0 aliphatic rings. The Balaban J connectivity index is 2.27. The lowest BCUT2D eigenvalue weighted by molar-refractivity contribution is 0.455. The molecule has 136 valence electrons. The van der Waals surface area contributed by atoms with Gasteiger partial charge in [-0.2, -0.15) is 0 Å². The van der Waals surface area contributed by atoms with Crippen molar-refractivity contribution in [2.24, 2.45) is 0 Å². The highest BCUT2D eigenvalue weighted by molar-refractivity contribution is 6.37. The summed E-state index contributed by atoms with van der Waals surface area (Å²) in [5.74, 6) is 1.46. The SMILES string of the molecule is CCCCN(C)c1cc(Cl)c(Oc2ccc(O)c(C(C)C)c2)c(Cl)c1. The predicted molar refractivity (Wildman–Crippen MR) is 107 cm³/mol. The fourth-order valence-electron chi connectivity index (χ4n) is 2.57. The van der Waals surface area contributed by atoms with Crippen molar-refractivity contribution in [2.45, 2.75) is 39.5 Å². The molecular formula is C20H25Cl2NO2. The van der Waals surface area contributed by atoms with E-state index in [1.807, 2.05) is 39.1 Å². The van der Waals surface area contributed by atoms with Crippen molar-refractivity contribution in [1.29, 1.82) is 0 Å². The summed E-state index contributed by atoms with van der Waals surface area (Å²) >= 11 is 12.8. The zero-order valence-electron chi connectivity index (χ0n) is 15.1. The zero-order chi connectivity index (χ0) is 18.6. The third kappa shape index (κ3) is 4.96. The van der Waals surface area contributed by atoms with Gasteiger partial charge in [-0.3, -0.25) is 0 Å². The number of halogens is 2. The highest BCUT2D eigenvalue weighted by Gasteiger charge is 2.14. The van der Waals surface area contributed by atoms with Crippen LogP contribution in [0.15, 0.2) is 30.3 Å². The Hall–Kier alpha value is -1.58. The molecule has 0 aliphatic carbocycles. The maximum atomic E-state index is 9.94. The molecule has 0 atom stereocenters. The topological polar surface area (TPSA) is 32.7 Å². The number of benzene rings is 2. The Labute approximate surface area is 160 Å². The van der Waals surface area contributed by atoms with E-state index in [1.54, 1.807) is 12.1 Å². The average Bonchev–Trinajstić information content (AvgIpc) is 2.56. The molecule has 0 unspecified atom stereocenters. The second-order valence-corrected chi connectivity index (χ2v) is 7.31. The van der Waals surface area contributed by atoms with Crippen molar-refractivity contribution in [3.05, 3.63) is 45.9 Å². The number of aromatic hydroxyl groups is 1. The Morgan fingerprint density at radius 3 is 2.32 bits per heavy atom. The summed E-state index contributed by atoms with van der Waals surface area (Å²) in [6.07, 6.45) is 2.24. The first-order valence-corrected chi connectivity index (χ1v) is 9.30. The second kappa shape index (κ2) is 8.68. The van der Waals surface area contributed by atoms with Gasteiger partial charge >= 0.3 is 0 Å². The van der Waals surface area contributed by atoms with Gasteiger partial charge in [-0.1, -0.05) is 50.4 Å². The highest BCUT2D eigenvalue weighted by Crippen LogP contribution is 2.40. The Morgan fingerprint density at radius 2 is 1.76 bits per heavy atom. The molecule has 0 heterocycles. The summed E-state index contributed by atoms with van der Waals surface area (Å²) in [6, 6.07) is 8.87. The lowest BCUT2D eigenvalue weighted by atomic mass is 10.0. The van der Waals surface area contributed by atoms with Crippen LogP contribution in [0.5, 0.6) is 17.2 Å². The van der Waals surface area contributed by atoms with Crippen LogP contribution in [-0.2, 0) is 0 Å². The summed E-state index contributed by atoms with van der Waals surface area (Å²) in [7, 11) is 2.02. The Morgan fingerprint density at radius 1 is 1.12 bits per heavy atom. The lowest BCUT2D eigenvalue weighted by Gasteiger charge is -2.21. The first-order valence-electron chi connectivity index (χ1n) is 8.54. The summed E-state index contributed by atoms with van der Waals surface area (Å²) in [6.45, 7) is 7.13. The quantitative estimate of drug-likeness (QED) is 0.568. The van der Waals surface area contributed by atoms with Gasteiger partial charge in [0.15, 0.2) is 5.75 Å². The van der Waals surface area contributed by atoms with Crippen LogP contribution in [0.4, 0.5) is 5.69 Å². The van der Waals surface area contributed by atoms with Crippen LogP contribution >= 0.6 is 23.2 Å². The Bertz CT molecular complexity index is 709. The molecule has 1 N–H and O–H groups in total. The molecule has 2 aromatic carbocycles. The number of rotatable bonds is 7. The largest absolute Gasteiger partial charge is 0.508 e. The molecule has 0 saturated carbocycles. The van der Waals surface area contributed by atoms with Crippen LogP contribution in [-0.4, -0.2) is 18.7 Å². The summed E-state index contributed by atoms with van der Waals surface area (Å²) in [5.41, 5.74) is 1.78. The third-order valence-corrected chi connectivity index (χ3v) is 4.67. The van der Waals surface area contributed by atoms with E-state index in [-0.39, 0.29) is 11.7 Å². The van der Waals surface area contributed by atoms with Crippen LogP contribution < -0.4 is 9.64 Å². The van der Waals surface area contributed by atoms with Crippen LogP contribution in [0, 0.1) is 0 Å². The van der Waals surface area contributed by atoms with E-state index < -0.39 is 0 Å². The molecule has 0 aromatic heterocycles. The fraction of sp³-hybridized carbons (Fsp3) is 0.400. The standard InChI is InChI=1S/C20H25Cl2NO2/c1-5-6-9-23(4)14-10-17(21)20(18(22)11-14)25-15-7-8-19(24)16(12-15)13(2)3/h7-8,10-13,24H,5-6,9H2,1-4H3. The van der Waals surface area contributed by atoms with E-state index >= 15 is 0 Å². The van der Waals surface area contributed by atoms with Gasteiger partial charge in [0.2, 0.25) is 0 Å². The van der Waals surface area contributed by atoms with E-state index in [4.69, 9.17) is 27.9 Å². The van der Waals surface area contributed by atoms with E-state index in [1.165, 1.54) is 0 Å². The minimum absolute atomic E-state index is 0.184. The second-order valence-electron chi connectivity index (χ2n) is 6.49. The van der Waals surface area contributed by atoms with Crippen LogP contribution in [0.3, 0.4) is 0 Å². The number of nitrogens with zero attached hydrogens (tertiary/aromatic N) is 1. The fourth-order valence-corrected chi connectivity index (χ4v) is 3.12. The molecule has 2 aromatic rings. The molecule has 0 aliphatic heterocycles. The number of phenolic OH excluding ortho intramolecular Hbond substituents is 1.